The molecule has 0 amide bonds. The average Bonchev–Trinajstić information content (AvgIpc) is 2.71. The maximum Gasteiger partial charge on any atom is 0.492 e. The summed E-state index contributed by atoms with van der Waals surface area (Å²) in [5.41, 5.74) is 4.47. The minimum absolute atomic E-state index is 0.383. The number of hydrogen-bond acceptors (Lipinski definition) is 3. The SMILES string of the molecule is Cc1cc(B(O)O)c2c(c1C)C=CC(c1ccccc1)(c1ccccc1)O2. The standard InChI is InChI=1S/C23H21BO3/c1-16-15-21(24(25)26)22-20(17(16)2)13-14-23(27-22,18-9-5-3-6-10-18)19-11-7-4-8-12-19/h3-15,25-26H,1-2H3. The molecule has 2 N–H and O–H groups in total. The third kappa shape index (κ3) is 2.87. The van der Waals surface area contributed by atoms with Crippen molar-refractivity contribution in [3.63, 3.8) is 0 Å². The first kappa shape index (κ1) is 17.6. The zero-order valence-corrected chi connectivity index (χ0v) is 15.4. The van der Waals surface area contributed by atoms with Gasteiger partial charge < -0.3 is 14.8 Å². The van der Waals surface area contributed by atoms with Gasteiger partial charge in [0.25, 0.3) is 0 Å². The van der Waals surface area contributed by atoms with Crippen molar-refractivity contribution in [2.24, 2.45) is 0 Å². The molecule has 4 rings (SSSR count). The van der Waals surface area contributed by atoms with E-state index in [0.29, 0.717) is 11.2 Å². The highest BCUT2D eigenvalue weighted by Gasteiger charge is 2.39. The molecular formula is C23H21BO3. The average molecular weight is 356 g/mol. The van der Waals surface area contributed by atoms with Crippen molar-refractivity contribution in [3.8, 4) is 5.75 Å². The molecule has 1 aliphatic rings. The van der Waals surface area contributed by atoms with Crippen LogP contribution in [0.1, 0.15) is 27.8 Å². The van der Waals surface area contributed by atoms with E-state index in [4.69, 9.17) is 4.74 Å². The van der Waals surface area contributed by atoms with Gasteiger partial charge in [-0.3, -0.25) is 0 Å². The second-order valence-electron chi connectivity index (χ2n) is 6.93. The molecule has 0 fully saturated rings. The summed E-state index contributed by atoms with van der Waals surface area (Å²) in [5.74, 6) is 0.517. The van der Waals surface area contributed by atoms with E-state index in [2.05, 4.69) is 6.08 Å². The van der Waals surface area contributed by atoms with Gasteiger partial charge in [-0.15, -0.1) is 0 Å². The fourth-order valence-electron chi connectivity index (χ4n) is 3.70. The summed E-state index contributed by atoms with van der Waals surface area (Å²) in [5, 5.41) is 19.9. The molecule has 27 heavy (non-hydrogen) atoms. The number of ether oxygens (including phenoxy) is 1. The molecule has 1 aliphatic heterocycles. The van der Waals surface area contributed by atoms with Crippen molar-refractivity contribution < 1.29 is 14.8 Å². The van der Waals surface area contributed by atoms with Gasteiger partial charge in [0.05, 0.1) is 0 Å². The Balaban J connectivity index is 1.99. The number of rotatable bonds is 3. The number of benzene rings is 3. The van der Waals surface area contributed by atoms with Crippen LogP contribution in [0.25, 0.3) is 6.08 Å². The molecule has 3 nitrogen and oxygen atoms in total. The van der Waals surface area contributed by atoms with Crippen molar-refractivity contribution in [1.29, 1.82) is 0 Å². The van der Waals surface area contributed by atoms with E-state index in [9.17, 15) is 10.0 Å². The maximum atomic E-state index is 9.96. The Labute approximate surface area is 159 Å². The third-order valence-electron chi connectivity index (χ3n) is 5.31. The van der Waals surface area contributed by atoms with Gasteiger partial charge >= 0.3 is 7.12 Å². The molecule has 0 radical (unpaired) electrons. The van der Waals surface area contributed by atoms with Crippen LogP contribution < -0.4 is 10.2 Å². The van der Waals surface area contributed by atoms with Crippen LogP contribution in [0, 0.1) is 13.8 Å². The largest absolute Gasteiger partial charge is 0.492 e. The zero-order chi connectivity index (χ0) is 19.0. The Bertz CT molecular complexity index is 956. The van der Waals surface area contributed by atoms with Gasteiger partial charge in [-0.2, -0.15) is 0 Å². The molecule has 3 aromatic carbocycles. The smallest absolute Gasteiger partial charge is 0.473 e. The van der Waals surface area contributed by atoms with Crippen LogP contribution in [0.15, 0.2) is 72.8 Å². The molecule has 0 bridgehead atoms. The Morgan fingerprint density at radius 1 is 0.852 bits per heavy atom. The lowest BCUT2D eigenvalue weighted by molar-refractivity contribution is 0.162. The molecule has 4 heteroatoms. The molecule has 0 aliphatic carbocycles. The summed E-state index contributed by atoms with van der Waals surface area (Å²) in [6, 6.07) is 21.8. The lowest BCUT2D eigenvalue weighted by Gasteiger charge is -2.37. The van der Waals surface area contributed by atoms with Crippen LogP contribution in [0.5, 0.6) is 5.75 Å². The monoisotopic (exact) mass is 356 g/mol. The minimum Gasteiger partial charge on any atom is -0.473 e. The molecule has 1 heterocycles. The van der Waals surface area contributed by atoms with Crippen molar-refractivity contribution in [2.75, 3.05) is 0 Å². The van der Waals surface area contributed by atoms with E-state index in [1.807, 2.05) is 80.6 Å². The fraction of sp³-hybridized carbons (Fsp3) is 0.130. The van der Waals surface area contributed by atoms with Crippen LogP contribution in [0.3, 0.4) is 0 Å². The first-order chi connectivity index (χ1) is 13.0. The van der Waals surface area contributed by atoms with Crippen molar-refractivity contribution in [3.05, 3.63) is 101 Å². The van der Waals surface area contributed by atoms with E-state index in [1.165, 1.54) is 0 Å². The Morgan fingerprint density at radius 2 is 1.41 bits per heavy atom. The Hall–Kier alpha value is -2.82. The molecule has 3 aromatic rings. The summed E-state index contributed by atoms with van der Waals surface area (Å²) >= 11 is 0. The van der Waals surface area contributed by atoms with Crippen LogP contribution in [0.2, 0.25) is 0 Å². The summed E-state index contributed by atoms with van der Waals surface area (Å²) in [6.45, 7) is 3.99. The van der Waals surface area contributed by atoms with Crippen LogP contribution in [0.4, 0.5) is 0 Å². The summed E-state index contributed by atoms with van der Waals surface area (Å²) < 4.78 is 6.61. The lowest BCUT2D eigenvalue weighted by Crippen LogP contribution is -2.40. The van der Waals surface area contributed by atoms with E-state index < -0.39 is 12.7 Å². The predicted octanol–water partition coefficient (Wildman–Crippen LogP) is 3.33. The van der Waals surface area contributed by atoms with E-state index in [0.717, 1.165) is 27.8 Å². The molecule has 0 saturated carbocycles. The molecular weight excluding hydrogens is 335 g/mol. The van der Waals surface area contributed by atoms with Crippen LogP contribution in [-0.4, -0.2) is 17.2 Å². The fourth-order valence-corrected chi connectivity index (χ4v) is 3.70. The first-order valence-corrected chi connectivity index (χ1v) is 9.02. The number of fused-ring (bicyclic) bond motifs is 1. The van der Waals surface area contributed by atoms with E-state index in [-0.39, 0.29) is 0 Å². The number of aryl methyl sites for hydroxylation is 1. The van der Waals surface area contributed by atoms with Gasteiger partial charge in [0.15, 0.2) is 5.60 Å². The molecule has 0 spiro atoms. The van der Waals surface area contributed by atoms with Crippen LogP contribution in [-0.2, 0) is 5.60 Å². The second kappa shape index (κ2) is 6.73. The highest BCUT2D eigenvalue weighted by atomic mass is 16.5. The van der Waals surface area contributed by atoms with Crippen molar-refractivity contribution >= 4 is 18.7 Å². The quantitative estimate of drug-likeness (QED) is 0.708. The number of hydrogen-bond donors (Lipinski definition) is 2. The van der Waals surface area contributed by atoms with Crippen LogP contribution >= 0.6 is 0 Å². The Kier molecular flexibility index (Phi) is 4.38. The van der Waals surface area contributed by atoms with Gasteiger partial charge in [0.1, 0.15) is 5.75 Å². The molecule has 0 unspecified atom stereocenters. The molecule has 0 aromatic heterocycles. The summed E-state index contributed by atoms with van der Waals surface area (Å²) in [6.07, 6.45) is 4.09. The third-order valence-corrected chi connectivity index (χ3v) is 5.31. The topological polar surface area (TPSA) is 49.7 Å². The van der Waals surface area contributed by atoms with Gasteiger partial charge in [-0.1, -0.05) is 72.8 Å². The Morgan fingerprint density at radius 3 is 1.93 bits per heavy atom. The van der Waals surface area contributed by atoms with Crippen molar-refractivity contribution in [2.45, 2.75) is 19.4 Å². The maximum absolute atomic E-state index is 9.96. The molecule has 134 valence electrons. The van der Waals surface area contributed by atoms with Gasteiger partial charge in [0, 0.05) is 22.2 Å². The van der Waals surface area contributed by atoms with E-state index >= 15 is 0 Å². The van der Waals surface area contributed by atoms with Gasteiger partial charge in [-0.05, 0) is 31.1 Å². The van der Waals surface area contributed by atoms with Gasteiger partial charge in [-0.25, -0.2) is 0 Å². The zero-order valence-electron chi connectivity index (χ0n) is 15.4. The highest BCUT2D eigenvalue weighted by Crippen LogP contribution is 2.42. The summed E-state index contributed by atoms with van der Waals surface area (Å²) in [7, 11) is -1.60. The highest BCUT2D eigenvalue weighted by molar-refractivity contribution is 6.60. The molecule has 0 saturated heterocycles. The molecule has 0 atom stereocenters. The first-order valence-electron chi connectivity index (χ1n) is 9.02. The van der Waals surface area contributed by atoms with E-state index in [1.54, 1.807) is 6.07 Å². The second-order valence-corrected chi connectivity index (χ2v) is 6.93. The lowest BCUT2D eigenvalue weighted by atomic mass is 9.74. The summed E-state index contributed by atoms with van der Waals surface area (Å²) in [4.78, 5) is 0. The predicted molar refractivity (Wildman–Crippen MR) is 109 cm³/mol. The van der Waals surface area contributed by atoms with Crippen molar-refractivity contribution in [1.82, 2.24) is 0 Å². The normalized spacial score (nSPS) is 14.4. The van der Waals surface area contributed by atoms with Gasteiger partial charge in [0.2, 0.25) is 0 Å². The minimum atomic E-state index is -1.60.